The average molecular weight is 255 g/mol. The normalized spacial score (nSPS) is 15.6. The predicted molar refractivity (Wildman–Crippen MR) is 64.5 cm³/mol. The molecule has 2 nitrogen and oxygen atoms in total. The summed E-state index contributed by atoms with van der Waals surface area (Å²) in [6, 6.07) is 6.07. The molecule has 0 saturated heterocycles. The number of hydrogen-bond donors (Lipinski definition) is 1. The van der Waals surface area contributed by atoms with Crippen molar-refractivity contribution in [1.29, 1.82) is 0 Å². The molecule has 0 aromatic heterocycles. The van der Waals surface area contributed by atoms with Gasteiger partial charge in [0, 0.05) is 18.1 Å². The predicted octanol–water partition coefficient (Wildman–Crippen LogP) is 2.88. The first-order valence-corrected chi connectivity index (χ1v) is 5.73. The van der Waals surface area contributed by atoms with E-state index in [-0.39, 0.29) is 0 Å². The highest BCUT2D eigenvalue weighted by molar-refractivity contribution is 9.10. The highest BCUT2D eigenvalue weighted by Crippen LogP contribution is 2.34. The molecule has 0 spiro atoms. The van der Waals surface area contributed by atoms with Gasteiger partial charge in [0.05, 0.1) is 11.4 Å². The van der Waals surface area contributed by atoms with E-state index in [9.17, 15) is 0 Å². The fourth-order valence-electron chi connectivity index (χ4n) is 1.64. The van der Waals surface area contributed by atoms with Gasteiger partial charge in [0.25, 0.3) is 0 Å². The van der Waals surface area contributed by atoms with Crippen molar-refractivity contribution in [2.75, 3.05) is 24.2 Å². The van der Waals surface area contributed by atoms with Crippen LogP contribution in [0.5, 0.6) is 0 Å². The highest BCUT2D eigenvalue weighted by Gasteiger charge is 2.23. The number of rotatable bonds is 3. The van der Waals surface area contributed by atoms with Crippen LogP contribution in [0.25, 0.3) is 0 Å². The maximum atomic E-state index is 5.99. The molecule has 2 rings (SSSR count). The molecular formula is C11H15BrN2. The molecule has 1 aliphatic rings. The molecule has 1 fully saturated rings. The van der Waals surface area contributed by atoms with Crippen molar-refractivity contribution < 1.29 is 0 Å². The number of nitrogens with zero attached hydrogens (tertiary/aromatic N) is 1. The zero-order chi connectivity index (χ0) is 10.1. The van der Waals surface area contributed by atoms with E-state index in [1.54, 1.807) is 0 Å². The van der Waals surface area contributed by atoms with Gasteiger partial charge in [0.15, 0.2) is 0 Å². The van der Waals surface area contributed by atoms with Crippen molar-refractivity contribution in [2.24, 2.45) is 5.92 Å². The maximum absolute atomic E-state index is 5.99. The van der Waals surface area contributed by atoms with Crippen molar-refractivity contribution in [3.05, 3.63) is 22.7 Å². The van der Waals surface area contributed by atoms with Crippen LogP contribution in [0.1, 0.15) is 12.8 Å². The zero-order valence-corrected chi connectivity index (χ0v) is 9.92. The lowest BCUT2D eigenvalue weighted by Crippen LogP contribution is -2.21. The topological polar surface area (TPSA) is 29.3 Å². The van der Waals surface area contributed by atoms with Crippen LogP contribution in [0.15, 0.2) is 22.7 Å². The number of nitrogen functional groups attached to an aromatic ring is 1. The maximum Gasteiger partial charge on any atom is 0.0696 e. The number of anilines is 2. The molecule has 1 saturated carbocycles. The smallest absolute Gasteiger partial charge is 0.0696 e. The molecule has 0 heterocycles. The van der Waals surface area contributed by atoms with Gasteiger partial charge >= 0.3 is 0 Å². The van der Waals surface area contributed by atoms with Gasteiger partial charge < -0.3 is 10.6 Å². The van der Waals surface area contributed by atoms with Gasteiger partial charge in [-0.15, -0.1) is 0 Å². The summed E-state index contributed by atoms with van der Waals surface area (Å²) in [6.45, 7) is 1.13. The molecule has 76 valence electrons. The summed E-state index contributed by atoms with van der Waals surface area (Å²) >= 11 is 3.44. The lowest BCUT2D eigenvalue weighted by atomic mass is 10.2. The molecule has 0 unspecified atom stereocenters. The third kappa shape index (κ3) is 2.03. The second-order valence-corrected chi connectivity index (χ2v) is 4.85. The van der Waals surface area contributed by atoms with Crippen LogP contribution < -0.4 is 10.6 Å². The quantitative estimate of drug-likeness (QED) is 0.841. The summed E-state index contributed by atoms with van der Waals surface area (Å²) in [5.74, 6) is 0.887. The van der Waals surface area contributed by atoms with Gasteiger partial charge in [-0.25, -0.2) is 0 Å². The molecule has 2 N–H and O–H groups in total. The summed E-state index contributed by atoms with van der Waals surface area (Å²) in [5, 5.41) is 0. The molecule has 0 aliphatic heterocycles. The van der Waals surface area contributed by atoms with E-state index in [0.717, 1.165) is 28.3 Å². The van der Waals surface area contributed by atoms with E-state index in [1.165, 1.54) is 12.8 Å². The minimum atomic E-state index is 0.843. The Balaban J connectivity index is 2.16. The van der Waals surface area contributed by atoms with Crippen molar-refractivity contribution in [2.45, 2.75) is 12.8 Å². The summed E-state index contributed by atoms with van der Waals surface area (Å²) in [4.78, 5) is 2.25. The third-order valence-corrected chi connectivity index (χ3v) is 3.36. The molecular weight excluding hydrogens is 240 g/mol. The molecule has 0 amide bonds. The first-order valence-electron chi connectivity index (χ1n) is 4.93. The molecule has 3 heteroatoms. The van der Waals surface area contributed by atoms with Gasteiger partial charge in [-0.05, 0) is 46.8 Å². The average Bonchev–Trinajstić information content (AvgIpc) is 2.93. The Labute approximate surface area is 93.2 Å². The second kappa shape index (κ2) is 3.81. The number of para-hydroxylation sites is 1. The molecule has 0 bridgehead atoms. The third-order valence-electron chi connectivity index (χ3n) is 2.67. The fourth-order valence-corrected chi connectivity index (χ4v) is 2.00. The van der Waals surface area contributed by atoms with E-state index >= 15 is 0 Å². The van der Waals surface area contributed by atoms with Crippen molar-refractivity contribution in [3.8, 4) is 0 Å². The molecule has 0 atom stereocenters. The van der Waals surface area contributed by atoms with E-state index in [4.69, 9.17) is 5.73 Å². The van der Waals surface area contributed by atoms with Crippen molar-refractivity contribution in [3.63, 3.8) is 0 Å². The largest absolute Gasteiger partial charge is 0.396 e. The Bertz CT molecular complexity index is 334. The van der Waals surface area contributed by atoms with Gasteiger partial charge in [0.2, 0.25) is 0 Å². The van der Waals surface area contributed by atoms with Gasteiger partial charge in [-0.1, -0.05) is 6.07 Å². The number of benzene rings is 1. The SMILES string of the molecule is CN(CC1CC1)c1cccc(Br)c1N. The van der Waals surface area contributed by atoms with E-state index in [0.29, 0.717) is 0 Å². The Morgan fingerprint density at radius 3 is 2.86 bits per heavy atom. The molecule has 14 heavy (non-hydrogen) atoms. The van der Waals surface area contributed by atoms with Crippen LogP contribution in [0.4, 0.5) is 11.4 Å². The number of halogens is 1. The van der Waals surface area contributed by atoms with Gasteiger partial charge in [0.1, 0.15) is 0 Å². The number of hydrogen-bond acceptors (Lipinski definition) is 2. The Kier molecular flexibility index (Phi) is 2.68. The van der Waals surface area contributed by atoms with Crippen LogP contribution in [-0.2, 0) is 0 Å². The van der Waals surface area contributed by atoms with E-state index in [1.807, 2.05) is 12.1 Å². The van der Waals surface area contributed by atoms with Crippen LogP contribution in [0, 0.1) is 5.92 Å². The summed E-state index contributed by atoms with van der Waals surface area (Å²) in [5.41, 5.74) is 7.97. The first-order chi connectivity index (χ1) is 6.68. The minimum absolute atomic E-state index is 0.843. The zero-order valence-electron chi connectivity index (χ0n) is 8.33. The van der Waals surface area contributed by atoms with Crippen LogP contribution in [-0.4, -0.2) is 13.6 Å². The summed E-state index contributed by atoms with van der Waals surface area (Å²) in [6.07, 6.45) is 2.75. The van der Waals surface area contributed by atoms with Crippen molar-refractivity contribution >= 4 is 27.3 Å². The van der Waals surface area contributed by atoms with Crippen LogP contribution >= 0.6 is 15.9 Å². The van der Waals surface area contributed by atoms with Crippen LogP contribution in [0.2, 0.25) is 0 Å². The Hall–Kier alpha value is -0.700. The van der Waals surface area contributed by atoms with E-state index < -0.39 is 0 Å². The lowest BCUT2D eigenvalue weighted by molar-refractivity contribution is 0.788. The summed E-state index contributed by atoms with van der Waals surface area (Å²) < 4.78 is 0.984. The molecule has 1 aliphatic carbocycles. The Morgan fingerprint density at radius 1 is 1.50 bits per heavy atom. The minimum Gasteiger partial charge on any atom is -0.396 e. The monoisotopic (exact) mass is 254 g/mol. The lowest BCUT2D eigenvalue weighted by Gasteiger charge is -2.21. The molecule has 1 aromatic carbocycles. The van der Waals surface area contributed by atoms with Gasteiger partial charge in [-0.2, -0.15) is 0 Å². The fraction of sp³-hybridized carbons (Fsp3) is 0.455. The second-order valence-electron chi connectivity index (χ2n) is 4.00. The van der Waals surface area contributed by atoms with Crippen molar-refractivity contribution in [1.82, 2.24) is 0 Å². The molecule has 1 aromatic rings. The Morgan fingerprint density at radius 2 is 2.21 bits per heavy atom. The molecule has 0 radical (unpaired) electrons. The summed E-state index contributed by atoms with van der Waals surface area (Å²) in [7, 11) is 2.11. The highest BCUT2D eigenvalue weighted by atomic mass is 79.9. The van der Waals surface area contributed by atoms with E-state index in [2.05, 4.69) is 33.9 Å². The standard InChI is InChI=1S/C11H15BrN2/c1-14(7-8-5-6-8)10-4-2-3-9(12)11(10)13/h2-4,8H,5-7,13H2,1H3. The first kappa shape index (κ1) is 9.84. The van der Waals surface area contributed by atoms with Gasteiger partial charge in [-0.3, -0.25) is 0 Å². The van der Waals surface area contributed by atoms with Crippen LogP contribution in [0.3, 0.4) is 0 Å². The number of nitrogens with two attached hydrogens (primary N) is 1.